The van der Waals surface area contributed by atoms with Crippen LogP contribution in [0.3, 0.4) is 0 Å². The summed E-state index contributed by atoms with van der Waals surface area (Å²) >= 11 is 0. The summed E-state index contributed by atoms with van der Waals surface area (Å²) in [4.78, 5) is 31.0. The number of nitrogens with one attached hydrogen (secondary N) is 1. The number of benzene rings is 1. The number of rotatable bonds is 5. The summed E-state index contributed by atoms with van der Waals surface area (Å²) in [5.41, 5.74) is -0.300. The zero-order valence-corrected chi connectivity index (χ0v) is 17.6. The van der Waals surface area contributed by atoms with Crippen molar-refractivity contribution in [3.63, 3.8) is 0 Å². The van der Waals surface area contributed by atoms with Crippen LogP contribution in [-0.4, -0.2) is 53.9 Å². The lowest BCUT2D eigenvalue weighted by molar-refractivity contribution is -0.134. The molecule has 1 saturated heterocycles. The summed E-state index contributed by atoms with van der Waals surface area (Å²) in [5.74, 6) is -0.185. The van der Waals surface area contributed by atoms with E-state index in [-0.39, 0.29) is 29.7 Å². The molecule has 0 bridgehead atoms. The van der Waals surface area contributed by atoms with E-state index < -0.39 is 15.6 Å². The number of carbonyl (C=O) groups excluding carboxylic acids is 2. The average Bonchev–Trinajstić information content (AvgIpc) is 3.28. The van der Waals surface area contributed by atoms with Gasteiger partial charge in [0.25, 0.3) is 5.91 Å². The quantitative estimate of drug-likeness (QED) is 0.767. The molecule has 1 aromatic carbocycles. The molecular weight excluding hydrogens is 404 g/mol. The van der Waals surface area contributed by atoms with Gasteiger partial charge in [0, 0.05) is 25.8 Å². The summed E-state index contributed by atoms with van der Waals surface area (Å²) in [6.45, 7) is 3.06. The van der Waals surface area contributed by atoms with E-state index in [0.29, 0.717) is 18.9 Å². The largest absolute Gasteiger partial charge is 0.350 e. The maximum absolute atomic E-state index is 13.0. The molecule has 1 atom stereocenters. The molecule has 0 spiro atoms. The van der Waals surface area contributed by atoms with E-state index >= 15 is 0 Å². The van der Waals surface area contributed by atoms with Crippen molar-refractivity contribution >= 4 is 27.7 Å². The fraction of sp³-hybridized carbons (Fsp3) is 0.381. The van der Waals surface area contributed by atoms with Crippen LogP contribution in [0.4, 0.5) is 0 Å². The topological polar surface area (TPSA) is 99.2 Å². The Hall–Kier alpha value is -2.78. The first-order chi connectivity index (χ1) is 14.3. The highest BCUT2D eigenvalue weighted by molar-refractivity contribution is 7.89. The van der Waals surface area contributed by atoms with E-state index in [4.69, 9.17) is 0 Å². The lowest BCUT2D eigenvalue weighted by Gasteiger charge is -2.41. The van der Waals surface area contributed by atoms with Crippen molar-refractivity contribution in [3.8, 4) is 0 Å². The normalized spacial score (nSPS) is 24.0. The van der Waals surface area contributed by atoms with Crippen LogP contribution in [0.2, 0.25) is 0 Å². The van der Waals surface area contributed by atoms with Crippen molar-refractivity contribution in [2.45, 2.75) is 43.2 Å². The lowest BCUT2D eigenvalue weighted by Crippen LogP contribution is -2.59. The Balaban J connectivity index is 1.44. The van der Waals surface area contributed by atoms with E-state index in [9.17, 15) is 18.0 Å². The minimum Gasteiger partial charge on any atom is -0.350 e. The molecule has 1 N–H and O–H groups in total. The number of allylic oxidation sites excluding steroid dienone is 2. The molecule has 3 heterocycles. The molecule has 0 aliphatic carbocycles. The maximum Gasteiger partial charge on any atom is 0.250 e. The van der Waals surface area contributed by atoms with Gasteiger partial charge in [0.05, 0.1) is 11.3 Å². The molecule has 30 heavy (non-hydrogen) atoms. The molecule has 4 rings (SSSR count). The van der Waals surface area contributed by atoms with E-state index in [1.165, 1.54) is 4.31 Å². The Kier molecular flexibility index (Phi) is 5.33. The van der Waals surface area contributed by atoms with Crippen LogP contribution in [-0.2, 0) is 26.2 Å². The van der Waals surface area contributed by atoms with Gasteiger partial charge in [-0.05, 0) is 49.6 Å². The van der Waals surface area contributed by atoms with Crippen LogP contribution < -0.4 is 5.32 Å². The predicted molar refractivity (Wildman–Crippen MR) is 112 cm³/mol. The van der Waals surface area contributed by atoms with E-state index in [1.54, 1.807) is 60.5 Å². The van der Waals surface area contributed by atoms with Crippen LogP contribution in [0, 0.1) is 0 Å². The number of carbonyl (C=O) groups is 2. The monoisotopic (exact) mass is 428 g/mol. The second kappa shape index (κ2) is 7.81. The number of nitrogens with zero attached hydrogens (tertiary/aromatic N) is 3. The summed E-state index contributed by atoms with van der Waals surface area (Å²) in [7, 11) is -3.46. The molecule has 0 saturated carbocycles. The summed E-state index contributed by atoms with van der Waals surface area (Å²) in [5, 5.41) is 2.87. The molecule has 9 heteroatoms. The molecule has 0 radical (unpaired) electrons. The van der Waals surface area contributed by atoms with Crippen LogP contribution in [0.1, 0.15) is 31.7 Å². The minimum atomic E-state index is -3.46. The number of amides is 2. The van der Waals surface area contributed by atoms with Gasteiger partial charge in [-0.25, -0.2) is 8.42 Å². The zero-order valence-electron chi connectivity index (χ0n) is 16.7. The van der Waals surface area contributed by atoms with Gasteiger partial charge >= 0.3 is 0 Å². The molecule has 2 amide bonds. The molecule has 3 aliphatic rings. The predicted octanol–water partition coefficient (Wildman–Crippen LogP) is 1.56. The van der Waals surface area contributed by atoms with Crippen molar-refractivity contribution in [1.82, 2.24) is 14.5 Å². The third-order valence-electron chi connectivity index (χ3n) is 5.67. The van der Waals surface area contributed by atoms with Crippen molar-refractivity contribution in [1.29, 1.82) is 0 Å². The molecule has 1 aromatic rings. The van der Waals surface area contributed by atoms with Gasteiger partial charge in [-0.15, -0.1) is 0 Å². The maximum atomic E-state index is 13.0. The van der Waals surface area contributed by atoms with Crippen molar-refractivity contribution < 1.29 is 18.0 Å². The average molecular weight is 429 g/mol. The molecule has 158 valence electrons. The molecule has 3 aliphatic heterocycles. The summed E-state index contributed by atoms with van der Waals surface area (Å²) in [6, 6.07) is 6.55. The highest BCUT2D eigenvalue weighted by atomic mass is 32.2. The summed E-state index contributed by atoms with van der Waals surface area (Å²) < 4.78 is 26.7. The number of sulfonamides is 1. The second-order valence-corrected chi connectivity index (χ2v) is 9.76. The van der Waals surface area contributed by atoms with Gasteiger partial charge < -0.3 is 10.2 Å². The molecule has 1 fully saturated rings. The molecule has 1 unspecified atom stereocenters. The third kappa shape index (κ3) is 3.70. The Morgan fingerprint density at radius 2 is 1.87 bits per heavy atom. The zero-order chi connectivity index (χ0) is 21.4. The number of amidine groups is 1. The van der Waals surface area contributed by atoms with Crippen LogP contribution in [0.15, 0.2) is 58.6 Å². The number of hydrogen-bond donors (Lipinski definition) is 1. The number of hydrogen-bond acceptors (Lipinski definition) is 5. The first-order valence-corrected chi connectivity index (χ1v) is 11.4. The van der Waals surface area contributed by atoms with Gasteiger partial charge in [-0.2, -0.15) is 9.30 Å². The van der Waals surface area contributed by atoms with Gasteiger partial charge in [0.2, 0.25) is 15.9 Å². The first kappa shape index (κ1) is 20.5. The standard InChI is InChI=1S/C21H24N4O4S/c1-21(14-19(26)23-18-6-2-3-13-25(18)21)20(27)22-15-16-7-9-17(10-8-16)30(28,29)24-11-4-5-12-24/h2-3,6-10,13H,4-5,11-12,14-15H2,1H3,(H,22,27). The number of fused-ring (bicyclic) bond motifs is 1. The fourth-order valence-electron chi connectivity index (χ4n) is 3.91. The Labute approximate surface area is 176 Å². The Morgan fingerprint density at radius 3 is 2.57 bits per heavy atom. The SMILES string of the molecule is CC1(C(=O)NCc2ccc(S(=O)(=O)N3CCCC3)cc2)CC(=O)N=C2C=CC=CN21. The van der Waals surface area contributed by atoms with Crippen LogP contribution in [0.5, 0.6) is 0 Å². The van der Waals surface area contributed by atoms with E-state index in [1.807, 2.05) is 0 Å². The fourth-order valence-corrected chi connectivity index (χ4v) is 5.43. The van der Waals surface area contributed by atoms with Gasteiger partial charge in [0.1, 0.15) is 11.4 Å². The molecule has 8 nitrogen and oxygen atoms in total. The van der Waals surface area contributed by atoms with Crippen LogP contribution in [0.25, 0.3) is 0 Å². The van der Waals surface area contributed by atoms with Crippen molar-refractivity contribution in [2.75, 3.05) is 13.1 Å². The van der Waals surface area contributed by atoms with Crippen molar-refractivity contribution in [3.05, 3.63) is 54.3 Å². The highest BCUT2D eigenvalue weighted by Crippen LogP contribution is 2.28. The second-order valence-electron chi connectivity index (χ2n) is 7.82. The molecule has 0 aromatic heterocycles. The third-order valence-corrected chi connectivity index (χ3v) is 7.59. The number of aliphatic imine (C=N–C) groups is 1. The van der Waals surface area contributed by atoms with Crippen LogP contribution >= 0.6 is 0 Å². The lowest BCUT2D eigenvalue weighted by atomic mass is 9.91. The van der Waals surface area contributed by atoms with Crippen molar-refractivity contribution in [2.24, 2.45) is 4.99 Å². The Morgan fingerprint density at radius 1 is 1.17 bits per heavy atom. The minimum absolute atomic E-state index is 0.0203. The summed E-state index contributed by atoms with van der Waals surface area (Å²) in [6.07, 6.45) is 8.75. The van der Waals surface area contributed by atoms with Gasteiger partial charge in [-0.1, -0.05) is 18.2 Å². The smallest absolute Gasteiger partial charge is 0.250 e. The highest BCUT2D eigenvalue weighted by Gasteiger charge is 2.45. The van der Waals surface area contributed by atoms with E-state index in [0.717, 1.165) is 18.4 Å². The van der Waals surface area contributed by atoms with Gasteiger partial charge in [-0.3, -0.25) is 9.59 Å². The molecular formula is C21H24N4O4S. The Bertz CT molecular complexity index is 1050. The van der Waals surface area contributed by atoms with E-state index in [2.05, 4.69) is 10.3 Å². The first-order valence-electron chi connectivity index (χ1n) is 9.94. The van der Waals surface area contributed by atoms with Gasteiger partial charge in [0.15, 0.2) is 0 Å².